The van der Waals surface area contributed by atoms with Crippen LogP contribution in [-0.4, -0.2) is 18.3 Å². The molecular weight excluding hydrogens is 162 g/mol. The van der Waals surface area contributed by atoms with Crippen LogP contribution in [0.1, 0.15) is 5.76 Å². The van der Waals surface area contributed by atoms with Crippen LogP contribution in [0, 0.1) is 6.92 Å². The minimum absolute atomic E-state index is 0.469. The van der Waals surface area contributed by atoms with Gasteiger partial charge in [0.25, 0.3) is 0 Å². The summed E-state index contributed by atoms with van der Waals surface area (Å²) in [7, 11) is 1.35. The SMILES string of the molecule is CONC(=O)Nc1cnoc1C. The van der Waals surface area contributed by atoms with E-state index in [9.17, 15) is 4.79 Å². The van der Waals surface area contributed by atoms with Gasteiger partial charge in [0.05, 0.1) is 13.3 Å². The first-order chi connectivity index (χ1) is 5.74. The number of aromatic nitrogens is 1. The van der Waals surface area contributed by atoms with Gasteiger partial charge in [0.1, 0.15) is 5.69 Å². The van der Waals surface area contributed by atoms with Gasteiger partial charge in [0.2, 0.25) is 0 Å². The first-order valence-electron chi connectivity index (χ1n) is 3.25. The van der Waals surface area contributed by atoms with Crippen molar-refractivity contribution < 1.29 is 14.2 Å². The number of aryl methyl sites for hydroxylation is 1. The van der Waals surface area contributed by atoms with Crippen LogP contribution in [0.2, 0.25) is 0 Å². The van der Waals surface area contributed by atoms with Gasteiger partial charge < -0.3 is 9.84 Å². The molecule has 1 heterocycles. The summed E-state index contributed by atoms with van der Waals surface area (Å²) < 4.78 is 4.71. The fourth-order valence-corrected chi connectivity index (χ4v) is 0.659. The van der Waals surface area contributed by atoms with Crippen molar-refractivity contribution in [2.45, 2.75) is 6.92 Å². The molecule has 0 aliphatic heterocycles. The van der Waals surface area contributed by atoms with E-state index in [1.54, 1.807) is 6.92 Å². The van der Waals surface area contributed by atoms with E-state index in [1.165, 1.54) is 13.3 Å². The third-order valence-corrected chi connectivity index (χ3v) is 1.19. The Balaban J connectivity index is 2.52. The molecule has 66 valence electrons. The molecule has 2 N–H and O–H groups in total. The Kier molecular flexibility index (Phi) is 2.65. The van der Waals surface area contributed by atoms with Gasteiger partial charge in [-0.05, 0) is 6.92 Å². The minimum Gasteiger partial charge on any atom is -0.359 e. The third-order valence-electron chi connectivity index (χ3n) is 1.19. The predicted molar refractivity (Wildman–Crippen MR) is 40.4 cm³/mol. The van der Waals surface area contributed by atoms with Gasteiger partial charge in [0, 0.05) is 0 Å². The lowest BCUT2D eigenvalue weighted by molar-refractivity contribution is 0.114. The van der Waals surface area contributed by atoms with Gasteiger partial charge in [-0.15, -0.1) is 0 Å². The zero-order valence-electron chi connectivity index (χ0n) is 6.75. The normalized spacial score (nSPS) is 9.50. The van der Waals surface area contributed by atoms with E-state index >= 15 is 0 Å². The molecule has 1 aromatic heterocycles. The summed E-state index contributed by atoms with van der Waals surface area (Å²) in [6, 6.07) is -0.469. The molecule has 0 fully saturated rings. The molecule has 0 aromatic carbocycles. The minimum atomic E-state index is -0.469. The molecule has 0 atom stereocenters. The van der Waals surface area contributed by atoms with Crippen molar-refractivity contribution in [2.24, 2.45) is 0 Å². The number of hydrogen-bond donors (Lipinski definition) is 2. The second-order valence-electron chi connectivity index (χ2n) is 2.06. The van der Waals surface area contributed by atoms with E-state index < -0.39 is 6.03 Å². The molecule has 0 saturated carbocycles. The molecular formula is C6H9N3O3. The van der Waals surface area contributed by atoms with E-state index in [0.717, 1.165) is 0 Å². The lowest BCUT2D eigenvalue weighted by Crippen LogP contribution is -2.27. The van der Waals surface area contributed by atoms with E-state index in [0.29, 0.717) is 11.4 Å². The summed E-state index contributed by atoms with van der Waals surface area (Å²) in [5, 5.41) is 5.94. The summed E-state index contributed by atoms with van der Waals surface area (Å²) in [5.74, 6) is 0.543. The van der Waals surface area contributed by atoms with E-state index in [1.807, 2.05) is 0 Å². The number of rotatable bonds is 2. The van der Waals surface area contributed by atoms with Gasteiger partial charge in [-0.3, -0.25) is 4.84 Å². The lowest BCUT2D eigenvalue weighted by Gasteiger charge is -2.01. The summed E-state index contributed by atoms with van der Waals surface area (Å²) in [5.41, 5.74) is 2.61. The second kappa shape index (κ2) is 3.72. The van der Waals surface area contributed by atoms with Gasteiger partial charge in [-0.25, -0.2) is 10.3 Å². The largest absolute Gasteiger partial charge is 0.359 e. The van der Waals surface area contributed by atoms with Crippen molar-refractivity contribution in [1.29, 1.82) is 0 Å². The van der Waals surface area contributed by atoms with Crippen molar-refractivity contribution in [3.8, 4) is 0 Å². The van der Waals surface area contributed by atoms with Gasteiger partial charge in [-0.1, -0.05) is 5.16 Å². The van der Waals surface area contributed by atoms with Gasteiger partial charge in [0.15, 0.2) is 5.76 Å². The standard InChI is InChI=1S/C6H9N3O3/c1-4-5(3-7-12-4)8-6(10)9-11-2/h3H,1-2H3,(H2,8,9,10). The lowest BCUT2D eigenvalue weighted by atomic mass is 10.4. The van der Waals surface area contributed by atoms with Crippen LogP contribution in [0.15, 0.2) is 10.7 Å². The molecule has 0 bridgehead atoms. The molecule has 0 saturated heterocycles. The fourth-order valence-electron chi connectivity index (χ4n) is 0.659. The average Bonchev–Trinajstić information content (AvgIpc) is 2.37. The number of carbonyl (C=O) groups is 1. The summed E-state index contributed by atoms with van der Waals surface area (Å²) in [4.78, 5) is 15.2. The maximum atomic E-state index is 10.8. The summed E-state index contributed by atoms with van der Waals surface area (Å²) in [6.45, 7) is 1.69. The highest BCUT2D eigenvalue weighted by Gasteiger charge is 2.05. The molecule has 0 unspecified atom stereocenters. The Labute approximate surface area is 68.8 Å². The van der Waals surface area contributed by atoms with Crippen molar-refractivity contribution in [3.63, 3.8) is 0 Å². The quantitative estimate of drug-likeness (QED) is 0.641. The zero-order chi connectivity index (χ0) is 8.97. The van der Waals surface area contributed by atoms with Crippen molar-refractivity contribution in [3.05, 3.63) is 12.0 Å². The number of hydrogen-bond acceptors (Lipinski definition) is 4. The number of nitrogens with zero attached hydrogens (tertiary/aromatic N) is 1. The molecule has 2 amide bonds. The topological polar surface area (TPSA) is 76.4 Å². The van der Waals surface area contributed by atoms with Crippen molar-refractivity contribution >= 4 is 11.7 Å². The molecule has 12 heavy (non-hydrogen) atoms. The molecule has 1 aromatic rings. The maximum absolute atomic E-state index is 10.8. The Morgan fingerprint density at radius 3 is 3.00 bits per heavy atom. The number of hydroxylamine groups is 1. The number of anilines is 1. The first kappa shape index (κ1) is 8.54. The van der Waals surface area contributed by atoms with E-state index in [-0.39, 0.29) is 0 Å². The van der Waals surface area contributed by atoms with E-state index in [4.69, 9.17) is 4.52 Å². The Hall–Kier alpha value is -1.56. The highest BCUT2D eigenvalue weighted by atomic mass is 16.6. The summed E-state index contributed by atoms with van der Waals surface area (Å²) in [6.07, 6.45) is 1.41. The average molecular weight is 171 g/mol. The van der Waals surface area contributed by atoms with E-state index in [2.05, 4.69) is 20.8 Å². The van der Waals surface area contributed by atoms with Gasteiger partial charge >= 0.3 is 6.03 Å². The predicted octanol–water partition coefficient (Wildman–Crippen LogP) is 0.666. The maximum Gasteiger partial charge on any atom is 0.343 e. The summed E-state index contributed by atoms with van der Waals surface area (Å²) >= 11 is 0. The fraction of sp³-hybridized carbons (Fsp3) is 0.333. The molecule has 0 spiro atoms. The molecule has 0 aliphatic carbocycles. The first-order valence-corrected chi connectivity index (χ1v) is 3.25. The van der Waals surface area contributed by atoms with Crippen molar-refractivity contribution in [2.75, 3.05) is 12.4 Å². The monoisotopic (exact) mass is 171 g/mol. The molecule has 1 rings (SSSR count). The molecule has 6 nitrogen and oxygen atoms in total. The number of carbonyl (C=O) groups excluding carboxylic acids is 1. The van der Waals surface area contributed by atoms with Crippen LogP contribution in [0.5, 0.6) is 0 Å². The van der Waals surface area contributed by atoms with Crippen LogP contribution in [0.4, 0.5) is 10.5 Å². The molecule has 6 heteroatoms. The molecule has 0 radical (unpaired) electrons. The smallest absolute Gasteiger partial charge is 0.343 e. The molecule has 0 aliphatic rings. The zero-order valence-corrected chi connectivity index (χ0v) is 6.75. The second-order valence-corrected chi connectivity index (χ2v) is 2.06. The van der Waals surface area contributed by atoms with Gasteiger partial charge in [-0.2, -0.15) is 0 Å². The van der Waals surface area contributed by atoms with Crippen LogP contribution in [0.3, 0.4) is 0 Å². The number of nitrogens with one attached hydrogen (secondary N) is 2. The third kappa shape index (κ3) is 1.96. The van der Waals surface area contributed by atoms with Crippen LogP contribution >= 0.6 is 0 Å². The number of amides is 2. The van der Waals surface area contributed by atoms with Crippen LogP contribution in [0.25, 0.3) is 0 Å². The highest BCUT2D eigenvalue weighted by Crippen LogP contribution is 2.11. The van der Waals surface area contributed by atoms with Crippen LogP contribution in [-0.2, 0) is 4.84 Å². The highest BCUT2D eigenvalue weighted by molar-refractivity contribution is 5.88. The Morgan fingerprint density at radius 1 is 1.75 bits per heavy atom. The van der Waals surface area contributed by atoms with Crippen molar-refractivity contribution in [1.82, 2.24) is 10.6 Å². The Morgan fingerprint density at radius 2 is 2.50 bits per heavy atom. The van der Waals surface area contributed by atoms with Crippen LogP contribution < -0.4 is 10.8 Å². The number of urea groups is 1. The Bertz CT molecular complexity index is 271.